The van der Waals surface area contributed by atoms with Crippen LogP contribution < -0.4 is 22.9 Å². The predicted molar refractivity (Wildman–Crippen MR) is 118 cm³/mol. The molecule has 0 spiro atoms. The SMILES string of the molecule is COc1ccc(S(=O)(=O)N(Cl)c2ccc(OC(F)F)c(OC(F)F)c2)cc1N1CCN(C)CC1. The van der Waals surface area contributed by atoms with Crippen LogP contribution >= 0.6 is 11.8 Å². The number of piperazine rings is 1. The zero-order valence-electron chi connectivity index (χ0n) is 18.1. The number of rotatable bonds is 9. The zero-order chi connectivity index (χ0) is 25.0. The summed E-state index contributed by atoms with van der Waals surface area (Å²) in [6.07, 6.45) is 0. The third-order valence-electron chi connectivity index (χ3n) is 5.07. The van der Waals surface area contributed by atoms with Crippen LogP contribution in [-0.4, -0.2) is 66.9 Å². The van der Waals surface area contributed by atoms with Crippen LogP contribution in [0.25, 0.3) is 0 Å². The molecule has 0 atom stereocenters. The van der Waals surface area contributed by atoms with E-state index >= 15 is 0 Å². The maximum Gasteiger partial charge on any atom is 0.387 e. The minimum Gasteiger partial charge on any atom is -0.495 e. The van der Waals surface area contributed by atoms with Gasteiger partial charge in [-0.3, -0.25) is 0 Å². The first-order chi connectivity index (χ1) is 16.0. The van der Waals surface area contributed by atoms with Crippen molar-refractivity contribution in [2.24, 2.45) is 0 Å². The predicted octanol–water partition coefficient (Wildman–Crippen LogP) is 4.00. The summed E-state index contributed by atoms with van der Waals surface area (Å²) >= 11 is 6.09. The smallest absolute Gasteiger partial charge is 0.387 e. The number of hydrogen-bond donors (Lipinski definition) is 0. The van der Waals surface area contributed by atoms with Crippen molar-refractivity contribution in [1.82, 2.24) is 4.90 Å². The largest absolute Gasteiger partial charge is 0.495 e. The molecule has 0 aliphatic carbocycles. The molecule has 1 aliphatic rings. The molecule has 1 fully saturated rings. The number of nitrogens with zero attached hydrogens (tertiary/aromatic N) is 3. The van der Waals surface area contributed by atoms with Gasteiger partial charge in [0.1, 0.15) is 5.75 Å². The van der Waals surface area contributed by atoms with Gasteiger partial charge in [0, 0.05) is 44.0 Å². The fraction of sp³-hybridized carbons (Fsp3) is 0.400. The maximum absolute atomic E-state index is 13.2. The average molecular weight is 528 g/mol. The van der Waals surface area contributed by atoms with Crippen molar-refractivity contribution in [2.75, 3.05) is 49.1 Å². The van der Waals surface area contributed by atoms with Crippen molar-refractivity contribution >= 4 is 33.2 Å². The molecule has 0 amide bonds. The van der Waals surface area contributed by atoms with Crippen LogP contribution in [0.4, 0.5) is 28.9 Å². The Morgan fingerprint density at radius 2 is 1.50 bits per heavy atom. The molecule has 188 valence electrons. The summed E-state index contributed by atoms with van der Waals surface area (Å²) in [5.41, 5.74) is 0.222. The summed E-state index contributed by atoms with van der Waals surface area (Å²) in [5, 5.41) is 0. The highest BCUT2D eigenvalue weighted by molar-refractivity contribution is 7.94. The van der Waals surface area contributed by atoms with Gasteiger partial charge in [0.05, 0.1) is 23.4 Å². The Hall–Kier alpha value is -2.64. The molecule has 1 saturated heterocycles. The fourth-order valence-electron chi connectivity index (χ4n) is 3.34. The first-order valence-corrected chi connectivity index (χ1v) is 11.7. The van der Waals surface area contributed by atoms with Gasteiger partial charge in [-0.15, -0.1) is 0 Å². The second kappa shape index (κ2) is 10.7. The average Bonchev–Trinajstić information content (AvgIpc) is 2.79. The molecule has 0 unspecified atom stereocenters. The van der Waals surface area contributed by atoms with Crippen molar-refractivity contribution in [1.29, 1.82) is 0 Å². The van der Waals surface area contributed by atoms with Crippen molar-refractivity contribution < 1.29 is 40.2 Å². The number of methoxy groups -OCH3 is 1. The topological polar surface area (TPSA) is 71.5 Å². The Kier molecular flexibility index (Phi) is 8.21. The summed E-state index contributed by atoms with van der Waals surface area (Å²) < 4.78 is 91.0. The van der Waals surface area contributed by atoms with Crippen molar-refractivity contribution in [3.05, 3.63) is 36.4 Å². The second-order valence-corrected chi connectivity index (χ2v) is 9.56. The summed E-state index contributed by atoms with van der Waals surface area (Å²) in [4.78, 5) is 3.91. The highest BCUT2D eigenvalue weighted by Crippen LogP contribution is 2.38. The van der Waals surface area contributed by atoms with E-state index in [1.807, 2.05) is 11.9 Å². The zero-order valence-corrected chi connectivity index (χ0v) is 19.7. The number of anilines is 2. The van der Waals surface area contributed by atoms with Crippen LogP contribution in [0.1, 0.15) is 0 Å². The van der Waals surface area contributed by atoms with Gasteiger partial charge in [-0.25, -0.2) is 0 Å². The van der Waals surface area contributed by atoms with Crippen LogP contribution in [0.3, 0.4) is 0 Å². The van der Waals surface area contributed by atoms with Gasteiger partial charge >= 0.3 is 13.2 Å². The molecular formula is C20H22ClF4N3O5S. The van der Waals surface area contributed by atoms with E-state index in [0.29, 0.717) is 28.4 Å². The third-order valence-corrected chi connectivity index (χ3v) is 7.29. The lowest BCUT2D eigenvalue weighted by Crippen LogP contribution is -2.44. The van der Waals surface area contributed by atoms with E-state index < -0.39 is 34.7 Å². The molecule has 3 rings (SSSR count). The summed E-state index contributed by atoms with van der Waals surface area (Å²) in [7, 11) is -0.957. The molecule has 34 heavy (non-hydrogen) atoms. The third kappa shape index (κ3) is 5.88. The van der Waals surface area contributed by atoms with Crippen molar-refractivity contribution in [2.45, 2.75) is 18.1 Å². The Labute approximate surface area is 199 Å². The lowest BCUT2D eigenvalue weighted by atomic mass is 10.2. The van der Waals surface area contributed by atoms with E-state index in [0.717, 1.165) is 31.3 Å². The van der Waals surface area contributed by atoms with E-state index in [1.54, 1.807) is 0 Å². The van der Waals surface area contributed by atoms with Gasteiger partial charge < -0.3 is 24.0 Å². The first-order valence-electron chi connectivity index (χ1n) is 9.89. The lowest BCUT2D eigenvalue weighted by Gasteiger charge is -2.35. The molecule has 2 aromatic rings. The fourth-order valence-corrected chi connectivity index (χ4v) is 4.76. The van der Waals surface area contributed by atoms with E-state index in [-0.39, 0.29) is 10.6 Å². The molecular weight excluding hydrogens is 506 g/mol. The lowest BCUT2D eigenvalue weighted by molar-refractivity contribution is -0.0691. The van der Waals surface area contributed by atoms with Crippen LogP contribution in [-0.2, 0) is 10.0 Å². The standard InChI is InChI=1S/C20H22ClF4N3O5S/c1-26-7-9-27(10-8-26)15-12-14(4-6-16(15)31-2)34(29,30)28(21)13-3-5-17(32-19(22)23)18(11-13)33-20(24)25/h3-6,11-12,19-20H,7-10H2,1-2H3. The minimum atomic E-state index is -4.40. The molecule has 1 heterocycles. The number of hydrogen-bond acceptors (Lipinski definition) is 7. The number of halogens is 5. The molecule has 0 N–H and O–H groups in total. The molecule has 2 aromatic carbocycles. The van der Waals surface area contributed by atoms with Gasteiger partial charge in [-0.1, -0.05) is 0 Å². The van der Waals surface area contributed by atoms with E-state index in [1.165, 1.54) is 25.3 Å². The molecule has 0 saturated carbocycles. The van der Waals surface area contributed by atoms with Gasteiger partial charge in [0.15, 0.2) is 11.5 Å². The summed E-state index contributed by atoms with van der Waals surface area (Å²) in [5.74, 6) is -1.05. The number of likely N-dealkylation sites (N-methyl/N-ethyl adjacent to an activating group) is 1. The first kappa shape index (κ1) is 26.0. The maximum atomic E-state index is 13.2. The van der Waals surface area contributed by atoms with Crippen molar-refractivity contribution in [3.8, 4) is 17.2 Å². The van der Waals surface area contributed by atoms with Gasteiger partial charge in [0.2, 0.25) is 0 Å². The molecule has 0 bridgehead atoms. The highest BCUT2D eigenvalue weighted by Gasteiger charge is 2.28. The Morgan fingerprint density at radius 3 is 2.09 bits per heavy atom. The second-order valence-electron chi connectivity index (χ2n) is 7.23. The van der Waals surface area contributed by atoms with Crippen molar-refractivity contribution in [3.63, 3.8) is 0 Å². The van der Waals surface area contributed by atoms with Gasteiger partial charge in [-0.05, 0) is 37.4 Å². The normalized spacial score (nSPS) is 15.0. The molecule has 0 radical (unpaired) electrons. The minimum absolute atomic E-state index is 0.193. The number of benzene rings is 2. The molecule has 1 aliphatic heterocycles. The Balaban J connectivity index is 1.96. The summed E-state index contributed by atoms with van der Waals surface area (Å²) in [6.45, 7) is -3.87. The van der Waals surface area contributed by atoms with E-state index in [2.05, 4.69) is 14.4 Å². The Morgan fingerprint density at radius 1 is 0.912 bits per heavy atom. The van der Waals surface area contributed by atoms with Crippen LogP contribution in [0.2, 0.25) is 0 Å². The molecule has 14 heteroatoms. The quantitative estimate of drug-likeness (QED) is 0.360. The van der Waals surface area contributed by atoms with E-state index in [4.69, 9.17) is 16.5 Å². The summed E-state index contributed by atoms with van der Waals surface area (Å²) in [6, 6.07) is 6.81. The number of alkyl halides is 4. The van der Waals surface area contributed by atoms with E-state index in [9.17, 15) is 26.0 Å². The number of ether oxygens (including phenoxy) is 3. The van der Waals surface area contributed by atoms with Gasteiger partial charge in [0.25, 0.3) is 10.0 Å². The van der Waals surface area contributed by atoms with Crippen LogP contribution in [0.15, 0.2) is 41.3 Å². The highest BCUT2D eigenvalue weighted by atomic mass is 35.5. The number of sulfonamides is 1. The van der Waals surface area contributed by atoms with Gasteiger partial charge in [-0.2, -0.15) is 29.8 Å². The molecule has 0 aromatic heterocycles. The Bertz CT molecular complexity index is 1100. The monoisotopic (exact) mass is 527 g/mol. The van der Waals surface area contributed by atoms with Crippen LogP contribution in [0.5, 0.6) is 17.2 Å². The molecule has 8 nitrogen and oxygen atoms in total. The van der Waals surface area contributed by atoms with Crippen LogP contribution in [0, 0.1) is 0 Å².